The van der Waals surface area contributed by atoms with Crippen molar-refractivity contribution in [1.82, 2.24) is 0 Å². The van der Waals surface area contributed by atoms with Gasteiger partial charge in [-0.2, -0.15) is 0 Å². The zero-order valence-electron chi connectivity index (χ0n) is 28.2. The summed E-state index contributed by atoms with van der Waals surface area (Å²) in [6.07, 6.45) is 0. The van der Waals surface area contributed by atoms with Gasteiger partial charge in [0.15, 0.2) is 0 Å². The fraction of sp³-hybridized carbons (Fsp3) is 0. The van der Waals surface area contributed by atoms with Crippen LogP contribution in [0.1, 0.15) is 0 Å². The summed E-state index contributed by atoms with van der Waals surface area (Å²) >= 11 is 0. The van der Waals surface area contributed by atoms with E-state index in [1.165, 1.54) is 66.1 Å². The molecule has 0 heterocycles. The Morgan fingerprint density at radius 2 is 0.765 bits per heavy atom. The average Bonchev–Trinajstić information content (AvgIpc) is 3.22. The smallest absolute Gasteiger partial charge is 0.0540 e. The number of rotatable bonds is 7. The SMILES string of the molecule is c1ccc(-c2ccc(N(c3ccc(-c4ccc(-c5ccc6ccccc6c5)c(-c5ccccc5)c4)cc3)c3cccc4ccccc34)cc2)cc1. The molecule has 0 N–H and O–H groups in total. The Balaban J connectivity index is 1.13. The van der Waals surface area contributed by atoms with E-state index in [1.54, 1.807) is 0 Å². The molecule has 9 aromatic rings. The van der Waals surface area contributed by atoms with Crippen LogP contribution in [0.2, 0.25) is 0 Å². The van der Waals surface area contributed by atoms with Gasteiger partial charge in [0.1, 0.15) is 0 Å². The van der Waals surface area contributed by atoms with Crippen molar-refractivity contribution >= 4 is 38.6 Å². The van der Waals surface area contributed by atoms with Crippen LogP contribution in [0.5, 0.6) is 0 Å². The fourth-order valence-corrected chi connectivity index (χ4v) is 7.26. The molecule has 51 heavy (non-hydrogen) atoms. The first kappa shape index (κ1) is 30.4. The lowest BCUT2D eigenvalue weighted by atomic mass is 9.90. The van der Waals surface area contributed by atoms with Crippen molar-refractivity contribution in [3.05, 3.63) is 212 Å². The van der Waals surface area contributed by atoms with E-state index < -0.39 is 0 Å². The molecule has 1 nitrogen and oxygen atoms in total. The molecule has 0 atom stereocenters. The highest BCUT2D eigenvalue weighted by molar-refractivity contribution is 5.99. The molecule has 0 spiro atoms. The van der Waals surface area contributed by atoms with E-state index in [4.69, 9.17) is 0 Å². The van der Waals surface area contributed by atoms with Crippen LogP contribution in [0, 0.1) is 0 Å². The zero-order chi connectivity index (χ0) is 34.0. The highest BCUT2D eigenvalue weighted by Crippen LogP contribution is 2.41. The van der Waals surface area contributed by atoms with Crippen molar-refractivity contribution in [2.24, 2.45) is 0 Å². The van der Waals surface area contributed by atoms with Gasteiger partial charge in [-0.1, -0.05) is 170 Å². The molecular formula is C50H35N. The third kappa shape index (κ3) is 5.96. The lowest BCUT2D eigenvalue weighted by Gasteiger charge is -2.27. The monoisotopic (exact) mass is 649 g/mol. The third-order valence-corrected chi connectivity index (χ3v) is 9.86. The molecule has 9 rings (SSSR count). The summed E-state index contributed by atoms with van der Waals surface area (Å²) in [5, 5.41) is 4.94. The van der Waals surface area contributed by atoms with Crippen LogP contribution >= 0.6 is 0 Å². The summed E-state index contributed by atoms with van der Waals surface area (Å²) in [6.45, 7) is 0. The summed E-state index contributed by atoms with van der Waals surface area (Å²) < 4.78 is 0. The molecule has 1 heteroatoms. The molecule has 0 aliphatic carbocycles. The molecule has 0 unspecified atom stereocenters. The second kappa shape index (κ2) is 13.3. The van der Waals surface area contributed by atoms with Gasteiger partial charge in [-0.25, -0.2) is 0 Å². The van der Waals surface area contributed by atoms with Gasteiger partial charge in [-0.3, -0.25) is 0 Å². The summed E-state index contributed by atoms with van der Waals surface area (Å²) in [7, 11) is 0. The quantitative estimate of drug-likeness (QED) is 0.166. The molecule has 240 valence electrons. The van der Waals surface area contributed by atoms with E-state index in [9.17, 15) is 0 Å². The first-order valence-electron chi connectivity index (χ1n) is 17.5. The van der Waals surface area contributed by atoms with Gasteiger partial charge in [0.25, 0.3) is 0 Å². The number of benzene rings is 9. The van der Waals surface area contributed by atoms with E-state index in [1.807, 2.05) is 0 Å². The predicted molar refractivity (Wildman–Crippen MR) is 218 cm³/mol. The number of anilines is 3. The zero-order valence-corrected chi connectivity index (χ0v) is 28.2. The average molecular weight is 650 g/mol. The molecule has 0 aliphatic heterocycles. The van der Waals surface area contributed by atoms with Crippen molar-refractivity contribution in [3.8, 4) is 44.5 Å². The third-order valence-electron chi connectivity index (χ3n) is 9.86. The number of nitrogens with zero attached hydrogens (tertiary/aromatic N) is 1. The maximum atomic E-state index is 2.37. The van der Waals surface area contributed by atoms with Crippen LogP contribution in [0.3, 0.4) is 0 Å². The van der Waals surface area contributed by atoms with Crippen molar-refractivity contribution in [3.63, 3.8) is 0 Å². The highest BCUT2D eigenvalue weighted by atomic mass is 15.1. The van der Waals surface area contributed by atoms with Gasteiger partial charge < -0.3 is 4.90 Å². The van der Waals surface area contributed by atoms with Crippen molar-refractivity contribution in [2.75, 3.05) is 4.90 Å². The molecule has 0 saturated carbocycles. The van der Waals surface area contributed by atoms with E-state index >= 15 is 0 Å². The lowest BCUT2D eigenvalue weighted by molar-refractivity contribution is 1.30. The molecule has 0 bridgehead atoms. The predicted octanol–water partition coefficient (Wildman–Crippen LogP) is 14.1. The van der Waals surface area contributed by atoms with Crippen molar-refractivity contribution in [1.29, 1.82) is 0 Å². The molecule has 0 radical (unpaired) electrons. The van der Waals surface area contributed by atoms with E-state index in [-0.39, 0.29) is 0 Å². The van der Waals surface area contributed by atoms with Crippen LogP contribution in [-0.4, -0.2) is 0 Å². The molecule has 0 amide bonds. The highest BCUT2D eigenvalue weighted by Gasteiger charge is 2.17. The van der Waals surface area contributed by atoms with Crippen LogP contribution in [0.4, 0.5) is 17.1 Å². The van der Waals surface area contributed by atoms with Crippen LogP contribution in [0.25, 0.3) is 66.1 Å². The maximum absolute atomic E-state index is 2.37. The first-order valence-corrected chi connectivity index (χ1v) is 17.5. The van der Waals surface area contributed by atoms with Gasteiger partial charge in [0.2, 0.25) is 0 Å². The minimum absolute atomic E-state index is 1.11. The van der Waals surface area contributed by atoms with E-state index in [0.29, 0.717) is 0 Å². The van der Waals surface area contributed by atoms with E-state index in [2.05, 4.69) is 217 Å². The van der Waals surface area contributed by atoms with Gasteiger partial charge in [-0.05, 0) is 103 Å². The van der Waals surface area contributed by atoms with Crippen molar-refractivity contribution < 1.29 is 0 Å². The summed E-state index contributed by atoms with van der Waals surface area (Å²) in [4.78, 5) is 2.37. The van der Waals surface area contributed by atoms with Crippen LogP contribution in [-0.2, 0) is 0 Å². The van der Waals surface area contributed by atoms with Crippen LogP contribution < -0.4 is 4.90 Å². The van der Waals surface area contributed by atoms with Crippen LogP contribution in [0.15, 0.2) is 212 Å². The Morgan fingerprint density at radius 1 is 0.255 bits per heavy atom. The Labute approximate surface area is 299 Å². The number of hydrogen-bond acceptors (Lipinski definition) is 1. The normalized spacial score (nSPS) is 11.1. The van der Waals surface area contributed by atoms with Crippen molar-refractivity contribution in [2.45, 2.75) is 0 Å². The van der Waals surface area contributed by atoms with Gasteiger partial charge in [-0.15, -0.1) is 0 Å². The standard InChI is InChI=1S/C50H35N/c1-3-12-36(13-4-1)38-24-29-45(30-25-38)51(50-21-11-19-40-17-9-10-20-48(40)50)46-31-26-39(27-32-46)43-28-33-47(49(35-43)41-15-5-2-6-16-41)44-23-22-37-14-7-8-18-42(37)34-44/h1-35H. The molecule has 0 fully saturated rings. The molecule has 0 aromatic heterocycles. The number of fused-ring (bicyclic) bond motifs is 2. The van der Waals surface area contributed by atoms with Gasteiger partial charge in [0.05, 0.1) is 5.69 Å². The molecule has 0 aliphatic rings. The minimum Gasteiger partial charge on any atom is -0.310 e. The minimum atomic E-state index is 1.11. The lowest BCUT2D eigenvalue weighted by Crippen LogP contribution is -2.10. The second-order valence-corrected chi connectivity index (χ2v) is 13.0. The Morgan fingerprint density at radius 3 is 1.47 bits per heavy atom. The number of hydrogen-bond donors (Lipinski definition) is 0. The fourth-order valence-electron chi connectivity index (χ4n) is 7.26. The topological polar surface area (TPSA) is 3.24 Å². The molecule has 9 aromatic carbocycles. The summed E-state index contributed by atoms with van der Waals surface area (Å²) in [5.41, 5.74) is 13.0. The Kier molecular flexibility index (Phi) is 7.92. The van der Waals surface area contributed by atoms with Gasteiger partial charge >= 0.3 is 0 Å². The van der Waals surface area contributed by atoms with E-state index in [0.717, 1.165) is 17.1 Å². The van der Waals surface area contributed by atoms with Gasteiger partial charge in [0, 0.05) is 16.8 Å². The Bertz CT molecular complexity index is 2600. The largest absolute Gasteiger partial charge is 0.310 e. The summed E-state index contributed by atoms with van der Waals surface area (Å²) in [6, 6.07) is 76.6. The second-order valence-electron chi connectivity index (χ2n) is 13.0. The Hall–Kier alpha value is -6.70. The maximum Gasteiger partial charge on any atom is 0.0540 e. The first-order chi connectivity index (χ1) is 25.3. The molecule has 0 saturated heterocycles. The molecular weight excluding hydrogens is 615 g/mol. The summed E-state index contributed by atoms with van der Waals surface area (Å²) in [5.74, 6) is 0.